The lowest BCUT2D eigenvalue weighted by Crippen LogP contribution is -2.43. The topological polar surface area (TPSA) is 39.7 Å². The zero-order valence-electron chi connectivity index (χ0n) is 15.5. The summed E-state index contributed by atoms with van der Waals surface area (Å²) in [6.45, 7) is 8.49. The molecule has 0 radical (unpaired) electrons. The molecule has 0 heterocycles. The highest BCUT2D eigenvalue weighted by Gasteiger charge is 2.33. The minimum atomic E-state index is -4.60. The Balaban J connectivity index is 0.00000625. The number of benzene rings is 1. The molecular formula is C17H27F4IN4. The van der Waals surface area contributed by atoms with Crippen molar-refractivity contribution < 1.29 is 17.6 Å². The van der Waals surface area contributed by atoms with E-state index in [0.717, 1.165) is 25.2 Å². The third-order valence-corrected chi connectivity index (χ3v) is 3.88. The lowest BCUT2D eigenvalue weighted by Gasteiger charge is -2.25. The average Bonchev–Trinajstić information content (AvgIpc) is 2.54. The van der Waals surface area contributed by atoms with E-state index in [1.807, 2.05) is 0 Å². The molecule has 4 nitrogen and oxygen atoms in total. The Bertz CT molecular complexity index is 576. The van der Waals surface area contributed by atoms with Crippen LogP contribution in [0.4, 0.5) is 17.6 Å². The number of guanidine groups is 1. The van der Waals surface area contributed by atoms with Crippen molar-refractivity contribution in [1.82, 2.24) is 15.5 Å². The van der Waals surface area contributed by atoms with Gasteiger partial charge in [0.1, 0.15) is 5.82 Å². The van der Waals surface area contributed by atoms with E-state index >= 15 is 0 Å². The van der Waals surface area contributed by atoms with Crippen LogP contribution in [0.2, 0.25) is 0 Å². The maximum Gasteiger partial charge on any atom is 0.416 e. The highest BCUT2D eigenvalue weighted by molar-refractivity contribution is 14.0. The van der Waals surface area contributed by atoms with E-state index in [9.17, 15) is 17.6 Å². The van der Waals surface area contributed by atoms with Crippen LogP contribution in [0.5, 0.6) is 0 Å². The molecule has 1 rings (SSSR count). The van der Waals surface area contributed by atoms with Gasteiger partial charge in [0, 0.05) is 32.7 Å². The molecule has 150 valence electrons. The fourth-order valence-corrected chi connectivity index (χ4v) is 2.47. The van der Waals surface area contributed by atoms with Crippen LogP contribution in [0.1, 0.15) is 31.9 Å². The largest absolute Gasteiger partial charge is 0.416 e. The van der Waals surface area contributed by atoms with Gasteiger partial charge in [-0.05, 0) is 38.1 Å². The third kappa shape index (κ3) is 8.07. The van der Waals surface area contributed by atoms with E-state index < -0.39 is 17.6 Å². The lowest BCUT2D eigenvalue weighted by molar-refractivity contribution is -0.138. The number of likely N-dealkylation sites (N-methyl/N-ethyl adjacent to an activating group) is 1. The first-order valence-corrected chi connectivity index (χ1v) is 8.23. The molecule has 1 aromatic carbocycles. The molecule has 26 heavy (non-hydrogen) atoms. The van der Waals surface area contributed by atoms with Crippen LogP contribution in [0.3, 0.4) is 0 Å². The van der Waals surface area contributed by atoms with Gasteiger partial charge < -0.3 is 10.6 Å². The second-order valence-electron chi connectivity index (χ2n) is 5.87. The highest BCUT2D eigenvalue weighted by Crippen LogP contribution is 2.32. The average molecular weight is 490 g/mol. The Morgan fingerprint density at radius 3 is 2.38 bits per heavy atom. The van der Waals surface area contributed by atoms with Gasteiger partial charge in [0.05, 0.1) is 5.56 Å². The van der Waals surface area contributed by atoms with Crippen LogP contribution in [0, 0.1) is 5.82 Å². The Morgan fingerprint density at radius 2 is 1.88 bits per heavy atom. The Morgan fingerprint density at radius 1 is 1.23 bits per heavy atom. The standard InChI is InChI=1S/C17H26F4N4.HI/c1-5-25(12(2)3)9-8-23-16(22-4)24-11-13-6-7-14(18)10-15(13)17(19,20)21;/h6-7,10,12H,5,8-9,11H2,1-4H3,(H2,22,23,24);1H. The number of nitrogens with zero attached hydrogens (tertiary/aromatic N) is 2. The van der Waals surface area contributed by atoms with Gasteiger partial charge in [-0.3, -0.25) is 9.89 Å². The normalized spacial score (nSPS) is 12.3. The minimum absolute atomic E-state index is 0. The first kappa shape index (κ1) is 24.9. The number of halogens is 5. The van der Waals surface area contributed by atoms with Gasteiger partial charge >= 0.3 is 6.18 Å². The molecule has 0 bridgehead atoms. The van der Waals surface area contributed by atoms with Gasteiger partial charge in [0.2, 0.25) is 0 Å². The van der Waals surface area contributed by atoms with Crippen LogP contribution in [-0.4, -0.2) is 43.6 Å². The summed E-state index contributed by atoms with van der Waals surface area (Å²) in [4.78, 5) is 6.25. The number of hydrogen-bond donors (Lipinski definition) is 2. The molecule has 0 atom stereocenters. The zero-order valence-corrected chi connectivity index (χ0v) is 17.8. The van der Waals surface area contributed by atoms with Crippen molar-refractivity contribution in [3.05, 3.63) is 35.1 Å². The van der Waals surface area contributed by atoms with Crippen molar-refractivity contribution in [1.29, 1.82) is 0 Å². The Hall–Kier alpha value is -1.10. The van der Waals surface area contributed by atoms with Gasteiger partial charge in [0.25, 0.3) is 0 Å². The summed E-state index contributed by atoms with van der Waals surface area (Å²) in [7, 11) is 1.55. The second-order valence-corrected chi connectivity index (χ2v) is 5.87. The second kappa shape index (κ2) is 11.6. The highest BCUT2D eigenvalue weighted by atomic mass is 127. The predicted molar refractivity (Wildman–Crippen MR) is 107 cm³/mol. The summed E-state index contributed by atoms with van der Waals surface area (Å²) in [5.41, 5.74) is -1.01. The maximum atomic E-state index is 13.1. The molecule has 0 saturated heterocycles. The van der Waals surface area contributed by atoms with Crippen molar-refractivity contribution in [3.63, 3.8) is 0 Å². The predicted octanol–water partition coefficient (Wildman–Crippen LogP) is 3.86. The Kier molecular flexibility index (Phi) is 11.1. The van der Waals surface area contributed by atoms with Gasteiger partial charge in [0.15, 0.2) is 5.96 Å². The molecule has 0 fully saturated rings. The van der Waals surface area contributed by atoms with E-state index in [1.54, 1.807) is 7.05 Å². The fourth-order valence-electron chi connectivity index (χ4n) is 2.47. The smallest absolute Gasteiger partial charge is 0.355 e. The van der Waals surface area contributed by atoms with Crippen LogP contribution in [0.25, 0.3) is 0 Å². The molecule has 0 aliphatic heterocycles. The molecule has 0 amide bonds. The Labute approximate surface area is 169 Å². The minimum Gasteiger partial charge on any atom is -0.355 e. The van der Waals surface area contributed by atoms with Gasteiger partial charge in [-0.1, -0.05) is 13.0 Å². The van der Waals surface area contributed by atoms with Crippen LogP contribution in [-0.2, 0) is 12.7 Å². The fraction of sp³-hybridized carbons (Fsp3) is 0.588. The van der Waals surface area contributed by atoms with Crippen LogP contribution in [0.15, 0.2) is 23.2 Å². The molecule has 0 saturated carbocycles. The summed E-state index contributed by atoms with van der Waals surface area (Å²) in [5, 5.41) is 5.91. The van der Waals surface area contributed by atoms with Crippen molar-refractivity contribution in [2.45, 2.75) is 39.5 Å². The monoisotopic (exact) mass is 490 g/mol. The first-order valence-electron chi connectivity index (χ1n) is 8.23. The number of rotatable bonds is 7. The van der Waals surface area contributed by atoms with Crippen LogP contribution < -0.4 is 10.6 Å². The van der Waals surface area contributed by atoms with E-state index in [-0.39, 0.29) is 36.1 Å². The maximum absolute atomic E-state index is 13.1. The summed E-state index contributed by atoms with van der Waals surface area (Å²) < 4.78 is 52.1. The number of nitrogens with one attached hydrogen (secondary N) is 2. The van der Waals surface area contributed by atoms with Crippen molar-refractivity contribution in [2.75, 3.05) is 26.7 Å². The molecule has 2 N–H and O–H groups in total. The van der Waals surface area contributed by atoms with Crippen molar-refractivity contribution >= 4 is 29.9 Å². The molecule has 9 heteroatoms. The molecule has 0 aliphatic rings. The van der Waals surface area contributed by atoms with Crippen LogP contribution >= 0.6 is 24.0 Å². The zero-order chi connectivity index (χ0) is 19.0. The molecule has 1 aromatic rings. The summed E-state index contributed by atoms with van der Waals surface area (Å²) in [5.74, 6) is -0.510. The quantitative estimate of drug-likeness (QED) is 0.264. The summed E-state index contributed by atoms with van der Waals surface area (Å²) in [6.07, 6.45) is -4.60. The van der Waals surface area contributed by atoms with Crippen molar-refractivity contribution in [2.24, 2.45) is 4.99 Å². The van der Waals surface area contributed by atoms with E-state index in [4.69, 9.17) is 0 Å². The third-order valence-electron chi connectivity index (χ3n) is 3.88. The number of aliphatic imine (C=N–C) groups is 1. The summed E-state index contributed by atoms with van der Waals surface area (Å²) >= 11 is 0. The molecule has 0 aromatic heterocycles. The lowest BCUT2D eigenvalue weighted by atomic mass is 10.1. The molecule has 0 unspecified atom stereocenters. The molecule has 0 spiro atoms. The first-order chi connectivity index (χ1) is 11.7. The van der Waals surface area contributed by atoms with E-state index in [2.05, 4.69) is 41.3 Å². The number of hydrogen-bond acceptors (Lipinski definition) is 2. The van der Waals surface area contributed by atoms with E-state index in [1.165, 1.54) is 0 Å². The van der Waals surface area contributed by atoms with Crippen molar-refractivity contribution in [3.8, 4) is 0 Å². The SMILES string of the molecule is CCN(CCNC(=NC)NCc1ccc(F)cc1C(F)(F)F)C(C)C.I. The molecule has 0 aliphatic carbocycles. The molecular weight excluding hydrogens is 463 g/mol. The van der Waals surface area contributed by atoms with E-state index in [0.29, 0.717) is 24.6 Å². The van der Waals surface area contributed by atoms with Gasteiger partial charge in [-0.25, -0.2) is 4.39 Å². The summed E-state index contributed by atoms with van der Waals surface area (Å²) in [6, 6.07) is 3.07. The number of alkyl halides is 3. The van der Waals surface area contributed by atoms with Gasteiger partial charge in [-0.2, -0.15) is 13.2 Å². The van der Waals surface area contributed by atoms with Gasteiger partial charge in [-0.15, -0.1) is 24.0 Å².